The predicted octanol–water partition coefficient (Wildman–Crippen LogP) is 0.219. The number of nitrogens with zero attached hydrogens (tertiary/aromatic N) is 1. The molecule has 0 fully saturated rings. The Morgan fingerprint density at radius 3 is 2.43 bits per heavy atom. The molecule has 0 saturated heterocycles. The summed E-state index contributed by atoms with van der Waals surface area (Å²) in [5, 5.41) is 19.0. The molecule has 0 amide bonds. The van der Waals surface area contributed by atoms with Crippen molar-refractivity contribution in [1.82, 2.24) is 0 Å². The molecule has 0 unspecified atom stereocenters. The highest BCUT2D eigenvalue weighted by Crippen LogP contribution is 1.79. The summed E-state index contributed by atoms with van der Waals surface area (Å²) in [6.45, 7) is 1.70. The molecule has 0 aliphatic heterocycles. The topological polar surface area (TPSA) is 52.8 Å². The Morgan fingerprint density at radius 1 is 1.71 bits per heavy atom. The first kappa shape index (κ1) is 6.43. The van der Waals surface area contributed by atoms with E-state index in [1.165, 1.54) is 0 Å². The zero-order valence-electron chi connectivity index (χ0n) is 4.26. The normalized spacial score (nSPS) is 12.0. The number of rotatable bonds is 2. The molecule has 3 nitrogen and oxygen atoms in total. The molecule has 0 aliphatic rings. The molecule has 0 aromatic rings. The average molecular weight is 103 g/mol. The SMILES string of the molecule is C/C(CCO)=N\O. The van der Waals surface area contributed by atoms with E-state index in [0.29, 0.717) is 12.1 Å². The van der Waals surface area contributed by atoms with Crippen molar-refractivity contribution in [2.45, 2.75) is 13.3 Å². The lowest BCUT2D eigenvalue weighted by molar-refractivity contribution is 0.295. The van der Waals surface area contributed by atoms with Crippen molar-refractivity contribution in [3.8, 4) is 0 Å². The van der Waals surface area contributed by atoms with Crippen LogP contribution in [0.25, 0.3) is 0 Å². The second-order valence-corrected chi connectivity index (χ2v) is 1.31. The Bertz CT molecular complexity index is 70.1. The van der Waals surface area contributed by atoms with Gasteiger partial charge in [0.25, 0.3) is 0 Å². The minimum Gasteiger partial charge on any atom is -0.411 e. The highest BCUT2D eigenvalue weighted by Gasteiger charge is 1.85. The van der Waals surface area contributed by atoms with Crippen molar-refractivity contribution >= 4 is 5.71 Å². The summed E-state index contributed by atoms with van der Waals surface area (Å²) in [7, 11) is 0. The minimum atomic E-state index is 0.0515. The Hall–Kier alpha value is -0.570. The second kappa shape index (κ2) is 3.61. The van der Waals surface area contributed by atoms with Crippen molar-refractivity contribution in [3.63, 3.8) is 0 Å². The summed E-state index contributed by atoms with van der Waals surface area (Å²) < 4.78 is 0. The van der Waals surface area contributed by atoms with Gasteiger partial charge < -0.3 is 10.3 Å². The molecule has 0 atom stereocenters. The third-order valence-corrected chi connectivity index (χ3v) is 0.644. The van der Waals surface area contributed by atoms with Gasteiger partial charge in [-0.2, -0.15) is 0 Å². The third-order valence-electron chi connectivity index (χ3n) is 0.644. The van der Waals surface area contributed by atoms with Gasteiger partial charge in [-0.25, -0.2) is 0 Å². The van der Waals surface area contributed by atoms with Crippen molar-refractivity contribution < 1.29 is 10.3 Å². The van der Waals surface area contributed by atoms with E-state index in [0.717, 1.165) is 0 Å². The lowest BCUT2D eigenvalue weighted by atomic mass is 10.3. The summed E-state index contributed by atoms with van der Waals surface area (Å²) in [5.74, 6) is 0. The maximum Gasteiger partial charge on any atom is 0.0562 e. The van der Waals surface area contributed by atoms with Gasteiger partial charge in [0.2, 0.25) is 0 Å². The molecule has 0 spiro atoms. The van der Waals surface area contributed by atoms with Gasteiger partial charge in [0, 0.05) is 13.0 Å². The van der Waals surface area contributed by atoms with E-state index in [9.17, 15) is 0 Å². The molecule has 7 heavy (non-hydrogen) atoms. The van der Waals surface area contributed by atoms with Gasteiger partial charge in [-0.3, -0.25) is 0 Å². The smallest absolute Gasteiger partial charge is 0.0562 e. The summed E-state index contributed by atoms with van der Waals surface area (Å²) in [4.78, 5) is 0. The summed E-state index contributed by atoms with van der Waals surface area (Å²) in [6, 6.07) is 0. The van der Waals surface area contributed by atoms with E-state index in [2.05, 4.69) is 5.16 Å². The van der Waals surface area contributed by atoms with Crippen LogP contribution in [0.2, 0.25) is 0 Å². The van der Waals surface area contributed by atoms with Gasteiger partial charge >= 0.3 is 0 Å². The van der Waals surface area contributed by atoms with Crippen molar-refractivity contribution in [2.75, 3.05) is 6.61 Å². The molecule has 0 aliphatic carbocycles. The quantitative estimate of drug-likeness (QED) is 0.298. The van der Waals surface area contributed by atoms with Crippen LogP contribution in [0, 0.1) is 0 Å². The maximum absolute atomic E-state index is 8.18. The van der Waals surface area contributed by atoms with Crippen LogP contribution in [0.1, 0.15) is 13.3 Å². The van der Waals surface area contributed by atoms with Crippen LogP contribution >= 0.6 is 0 Å². The highest BCUT2D eigenvalue weighted by atomic mass is 16.4. The van der Waals surface area contributed by atoms with E-state index < -0.39 is 0 Å². The minimum absolute atomic E-state index is 0.0515. The van der Waals surface area contributed by atoms with E-state index in [1.807, 2.05) is 0 Å². The van der Waals surface area contributed by atoms with Gasteiger partial charge in [0.15, 0.2) is 0 Å². The molecule has 3 heteroatoms. The second-order valence-electron chi connectivity index (χ2n) is 1.31. The molecule has 2 N–H and O–H groups in total. The summed E-state index contributed by atoms with van der Waals surface area (Å²) >= 11 is 0. The molecule has 42 valence electrons. The fourth-order valence-electron chi connectivity index (χ4n) is 0.212. The first-order valence-electron chi connectivity index (χ1n) is 2.09. The largest absolute Gasteiger partial charge is 0.411 e. The standard InChI is InChI=1S/C4H9NO2/c1-4(5-7)2-3-6/h6-7H,2-3H2,1H3/b5-4+. The number of oxime groups is 1. The van der Waals surface area contributed by atoms with Crippen LogP contribution in [0.15, 0.2) is 5.16 Å². The van der Waals surface area contributed by atoms with Crippen molar-refractivity contribution in [3.05, 3.63) is 0 Å². The highest BCUT2D eigenvalue weighted by molar-refractivity contribution is 5.81. The van der Waals surface area contributed by atoms with Crippen LogP contribution in [0.3, 0.4) is 0 Å². The Morgan fingerprint density at radius 2 is 2.29 bits per heavy atom. The van der Waals surface area contributed by atoms with Gasteiger partial charge in [-0.15, -0.1) is 0 Å². The van der Waals surface area contributed by atoms with Crippen LogP contribution in [-0.4, -0.2) is 22.6 Å². The van der Waals surface area contributed by atoms with Crippen LogP contribution in [0.4, 0.5) is 0 Å². The Kier molecular flexibility index (Phi) is 3.32. The van der Waals surface area contributed by atoms with Gasteiger partial charge in [0.05, 0.1) is 5.71 Å². The third kappa shape index (κ3) is 3.26. The zero-order chi connectivity index (χ0) is 5.70. The average Bonchev–Trinajstić information content (AvgIpc) is 1.68. The maximum atomic E-state index is 8.18. The van der Waals surface area contributed by atoms with Crippen LogP contribution in [0.5, 0.6) is 0 Å². The zero-order valence-corrected chi connectivity index (χ0v) is 4.26. The number of aliphatic hydroxyl groups excluding tert-OH is 1. The Balaban J connectivity index is 3.17. The van der Waals surface area contributed by atoms with E-state index in [1.54, 1.807) is 6.92 Å². The lowest BCUT2D eigenvalue weighted by Crippen LogP contribution is -1.93. The first-order valence-corrected chi connectivity index (χ1v) is 2.09. The van der Waals surface area contributed by atoms with E-state index >= 15 is 0 Å². The van der Waals surface area contributed by atoms with Gasteiger partial charge in [0.1, 0.15) is 0 Å². The predicted molar refractivity (Wildman–Crippen MR) is 26.6 cm³/mol. The van der Waals surface area contributed by atoms with E-state index in [4.69, 9.17) is 10.3 Å². The molecular formula is C4H9NO2. The fourth-order valence-corrected chi connectivity index (χ4v) is 0.212. The number of aliphatic hydroxyl groups is 1. The molecular weight excluding hydrogens is 94.0 g/mol. The number of hydrogen-bond acceptors (Lipinski definition) is 3. The molecule has 0 aromatic carbocycles. The van der Waals surface area contributed by atoms with Crippen LogP contribution in [-0.2, 0) is 0 Å². The molecule has 0 rings (SSSR count). The molecule has 0 bridgehead atoms. The molecule has 0 radical (unpaired) electrons. The monoisotopic (exact) mass is 103 g/mol. The van der Waals surface area contributed by atoms with E-state index in [-0.39, 0.29) is 6.61 Å². The van der Waals surface area contributed by atoms with Gasteiger partial charge in [-0.05, 0) is 6.92 Å². The molecule has 0 saturated carbocycles. The fraction of sp³-hybridized carbons (Fsp3) is 0.750. The Labute approximate surface area is 42.3 Å². The van der Waals surface area contributed by atoms with Crippen molar-refractivity contribution in [1.29, 1.82) is 0 Å². The van der Waals surface area contributed by atoms with Gasteiger partial charge in [-0.1, -0.05) is 5.16 Å². The van der Waals surface area contributed by atoms with Crippen LogP contribution < -0.4 is 0 Å². The summed E-state index contributed by atoms with van der Waals surface area (Å²) in [5.41, 5.74) is 0.558. The molecule has 0 heterocycles. The summed E-state index contributed by atoms with van der Waals surface area (Å²) in [6.07, 6.45) is 0.455. The first-order chi connectivity index (χ1) is 3.31. The molecule has 0 aromatic heterocycles. The van der Waals surface area contributed by atoms with Crippen molar-refractivity contribution in [2.24, 2.45) is 5.16 Å². The lowest BCUT2D eigenvalue weighted by Gasteiger charge is -1.87. The number of hydrogen-bond donors (Lipinski definition) is 2.